The smallest absolute Gasteiger partial charge is 0.338 e. The standard InChI is InChI=1S/C25H22ClNO3/c1-17-6-9-20(10-7-17)24-15-22(30-27-24)16-29-25(28)21-13-12-19(23(26)14-21)11-8-18-4-2-3-5-18/h6-7,9-10,12-15,18H,2-5,16H2,1H3. The van der Waals surface area contributed by atoms with E-state index < -0.39 is 5.97 Å². The predicted octanol–water partition coefficient (Wildman–Crippen LogP) is 6.20. The highest BCUT2D eigenvalue weighted by atomic mass is 35.5. The van der Waals surface area contributed by atoms with Crippen molar-refractivity contribution >= 4 is 17.6 Å². The largest absolute Gasteiger partial charge is 0.454 e. The third kappa shape index (κ3) is 4.93. The summed E-state index contributed by atoms with van der Waals surface area (Å²) in [5.74, 6) is 6.89. The number of rotatable bonds is 4. The topological polar surface area (TPSA) is 52.3 Å². The zero-order valence-corrected chi connectivity index (χ0v) is 17.5. The quantitative estimate of drug-likeness (QED) is 0.373. The van der Waals surface area contributed by atoms with Gasteiger partial charge in [-0.1, -0.05) is 71.3 Å². The Bertz CT molecular complexity index is 1100. The Hall–Kier alpha value is -3.03. The van der Waals surface area contributed by atoms with Crippen LogP contribution < -0.4 is 0 Å². The van der Waals surface area contributed by atoms with Crippen LogP contribution in [-0.2, 0) is 11.3 Å². The van der Waals surface area contributed by atoms with E-state index in [1.165, 1.54) is 18.4 Å². The summed E-state index contributed by atoms with van der Waals surface area (Å²) < 4.78 is 10.6. The van der Waals surface area contributed by atoms with Crippen molar-refractivity contribution in [1.82, 2.24) is 5.16 Å². The molecule has 1 heterocycles. The Morgan fingerprint density at radius 2 is 1.93 bits per heavy atom. The van der Waals surface area contributed by atoms with Crippen LogP contribution in [-0.4, -0.2) is 11.1 Å². The van der Waals surface area contributed by atoms with E-state index in [0.717, 1.165) is 24.0 Å². The van der Waals surface area contributed by atoms with Gasteiger partial charge in [-0.3, -0.25) is 0 Å². The number of carbonyl (C=O) groups is 1. The number of carbonyl (C=O) groups excluding carboxylic acids is 1. The van der Waals surface area contributed by atoms with Crippen molar-refractivity contribution in [2.75, 3.05) is 0 Å². The van der Waals surface area contributed by atoms with Gasteiger partial charge in [-0.15, -0.1) is 0 Å². The van der Waals surface area contributed by atoms with Crippen molar-refractivity contribution in [3.8, 4) is 23.1 Å². The van der Waals surface area contributed by atoms with Crippen LogP contribution in [0, 0.1) is 24.7 Å². The molecule has 0 bridgehead atoms. The molecule has 1 fully saturated rings. The maximum absolute atomic E-state index is 12.4. The van der Waals surface area contributed by atoms with E-state index in [1.807, 2.05) is 31.2 Å². The minimum Gasteiger partial charge on any atom is -0.454 e. The fourth-order valence-electron chi connectivity index (χ4n) is 3.45. The van der Waals surface area contributed by atoms with Crippen molar-refractivity contribution in [1.29, 1.82) is 0 Å². The van der Waals surface area contributed by atoms with Gasteiger partial charge < -0.3 is 9.26 Å². The average Bonchev–Trinajstić information content (AvgIpc) is 3.44. The Morgan fingerprint density at radius 1 is 1.17 bits per heavy atom. The van der Waals surface area contributed by atoms with Crippen LogP contribution in [0.4, 0.5) is 0 Å². The first-order chi connectivity index (χ1) is 14.6. The van der Waals surface area contributed by atoms with E-state index >= 15 is 0 Å². The number of hydrogen-bond donors (Lipinski definition) is 0. The molecule has 5 heteroatoms. The summed E-state index contributed by atoms with van der Waals surface area (Å²) in [6.45, 7) is 2.02. The number of esters is 1. The summed E-state index contributed by atoms with van der Waals surface area (Å²) in [4.78, 5) is 12.4. The van der Waals surface area contributed by atoms with Gasteiger partial charge in [0.2, 0.25) is 0 Å². The molecule has 3 aromatic rings. The molecule has 152 valence electrons. The lowest BCUT2D eigenvalue weighted by atomic mass is 10.1. The molecule has 0 spiro atoms. The summed E-state index contributed by atoms with van der Waals surface area (Å²) in [6.07, 6.45) is 4.80. The first kappa shape index (κ1) is 20.3. The summed E-state index contributed by atoms with van der Waals surface area (Å²) in [6, 6.07) is 14.8. The highest BCUT2D eigenvalue weighted by Crippen LogP contribution is 2.25. The van der Waals surface area contributed by atoms with E-state index in [1.54, 1.807) is 24.3 Å². The molecule has 1 aliphatic carbocycles. The summed E-state index contributed by atoms with van der Waals surface area (Å²) >= 11 is 6.32. The van der Waals surface area contributed by atoms with Gasteiger partial charge in [-0.05, 0) is 38.0 Å². The third-order valence-corrected chi connectivity index (χ3v) is 5.54. The van der Waals surface area contributed by atoms with Crippen LogP contribution in [0.15, 0.2) is 53.1 Å². The van der Waals surface area contributed by atoms with E-state index in [-0.39, 0.29) is 6.61 Å². The SMILES string of the molecule is Cc1ccc(-c2cc(COC(=O)c3ccc(C#CC4CCCC4)c(Cl)c3)on2)cc1. The number of aromatic nitrogens is 1. The highest BCUT2D eigenvalue weighted by Gasteiger charge is 2.14. The molecule has 0 atom stereocenters. The van der Waals surface area contributed by atoms with Gasteiger partial charge in [-0.2, -0.15) is 0 Å². The lowest BCUT2D eigenvalue weighted by Gasteiger charge is -2.04. The summed E-state index contributed by atoms with van der Waals surface area (Å²) in [5, 5.41) is 4.50. The Balaban J connectivity index is 1.37. The molecule has 0 saturated heterocycles. The summed E-state index contributed by atoms with van der Waals surface area (Å²) in [7, 11) is 0. The first-order valence-electron chi connectivity index (χ1n) is 10.1. The molecule has 0 aliphatic heterocycles. The van der Waals surface area contributed by atoms with Gasteiger partial charge in [0.05, 0.1) is 10.6 Å². The minimum atomic E-state index is -0.472. The Kier molecular flexibility index (Phi) is 6.21. The van der Waals surface area contributed by atoms with Gasteiger partial charge in [-0.25, -0.2) is 4.79 Å². The molecule has 0 unspecified atom stereocenters. The minimum absolute atomic E-state index is 0.00144. The number of halogens is 1. The molecule has 1 saturated carbocycles. The van der Waals surface area contributed by atoms with Crippen molar-refractivity contribution in [3.05, 3.63) is 76.0 Å². The second-order valence-electron chi connectivity index (χ2n) is 7.57. The van der Waals surface area contributed by atoms with Gasteiger partial charge >= 0.3 is 5.97 Å². The fourth-order valence-corrected chi connectivity index (χ4v) is 3.68. The maximum Gasteiger partial charge on any atom is 0.338 e. The van der Waals surface area contributed by atoms with Crippen LogP contribution in [0.2, 0.25) is 5.02 Å². The van der Waals surface area contributed by atoms with Crippen molar-refractivity contribution in [2.45, 2.75) is 39.2 Å². The molecule has 1 aliphatic rings. The van der Waals surface area contributed by atoms with E-state index in [9.17, 15) is 4.79 Å². The van der Waals surface area contributed by atoms with E-state index in [2.05, 4.69) is 17.0 Å². The van der Waals surface area contributed by atoms with Crippen molar-refractivity contribution < 1.29 is 14.1 Å². The van der Waals surface area contributed by atoms with Crippen LogP contribution >= 0.6 is 11.6 Å². The predicted molar refractivity (Wildman–Crippen MR) is 116 cm³/mol. The zero-order chi connectivity index (χ0) is 20.9. The molecular weight excluding hydrogens is 398 g/mol. The second kappa shape index (κ2) is 9.19. The fraction of sp³-hybridized carbons (Fsp3) is 0.280. The van der Waals surface area contributed by atoms with Gasteiger partial charge in [0, 0.05) is 23.1 Å². The van der Waals surface area contributed by atoms with E-state index in [0.29, 0.717) is 28.0 Å². The summed E-state index contributed by atoms with van der Waals surface area (Å²) in [5.41, 5.74) is 3.94. The van der Waals surface area contributed by atoms with Crippen LogP contribution in [0.25, 0.3) is 11.3 Å². The number of hydrogen-bond acceptors (Lipinski definition) is 4. The third-order valence-electron chi connectivity index (χ3n) is 5.22. The van der Waals surface area contributed by atoms with Crippen molar-refractivity contribution in [2.24, 2.45) is 5.92 Å². The van der Waals surface area contributed by atoms with Gasteiger partial charge in [0.15, 0.2) is 12.4 Å². The molecule has 4 rings (SSSR count). The molecule has 0 radical (unpaired) electrons. The molecule has 4 nitrogen and oxygen atoms in total. The maximum atomic E-state index is 12.4. The van der Waals surface area contributed by atoms with Crippen LogP contribution in [0.3, 0.4) is 0 Å². The number of ether oxygens (including phenoxy) is 1. The normalized spacial score (nSPS) is 13.7. The second-order valence-corrected chi connectivity index (χ2v) is 7.97. The molecule has 0 N–H and O–H groups in total. The number of aryl methyl sites for hydroxylation is 1. The zero-order valence-electron chi connectivity index (χ0n) is 16.8. The lowest BCUT2D eigenvalue weighted by Crippen LogP contribution is -2.05. The Labute approximate surface area is 181 Å². The van der Waals surface area contributed by atoms with Gasteiger partial charge in [0.25, 0.3) is 0 Å². The van der Waals surface area contributed by atoms with Crippen LogP contribution in [0.1, 0.15) is 52.9 Å². The lowest BCUT2D eigenvalue weighted by molar-refractivity contribution is 0.0437. The molecule has 0 amide bonds. The average molecular weight is 420 g/mol. The number of benzene rings is 2. The van der Waals surface area contributed by atoms with Crippen LogP contribution in [0.5, 0.6) is 0 Å². The number of nitrogens with zero attached hydrogens (tertiary/aromatic N) is 1. The van der Waals surface area contributed by atoms with E-state index in [4.69, 9.17) is 20.9 Å². The molecule has 30 heavy (non-hydrogen) atoms. The molecular formula is C25H22ClNO3. The highest BCUT2D eigenvalue weighted by molar-refractivity contribution is 6.32. The Morgan fingerprint density at radius 3 is 2.67 bits per heavy atom. The molecule has 1 aromatic heterocycles. The van der Waals surface area contributed by atoms with Crippen molar-refractivity contribution in [3.63, 3.8) is 0 Å². The molecule has 2 aromatic carbocycles. The van der Waals surface area contributed by atoms with Gasteiger partial charge in [0.1, 0.15) is 5.69 Å². The first-order valence-corrected chi connectivity index (χ1v) is 10.5. The monoisotopic (exact) mass is 419 g/mol.